The van der Waals surface area contributed by atoms with Gasteiger partial charge in [0, 0.05) is 6.07 Å². The second kappa shape index (κ2) is 6.17. The van der Waals surface area contributed by atoms with Crippen LogP contribution in [-0.2, 0) is 19.4 Å². The van der Waals surface area contributed by atoms with E-state index in [0.29, 0.717) is 0 Å². The van der Waals surface area contributed by atoms with Gasteiger partial charge in [0.1, 0.15) is 10.1 Å². The molecule has 11 heteroatoms. The molecule has 2 saturated heterocycles. The molecule has 2 fully saturated rings. The summed E-state index contributed by atoms with van der Waals surface area (Å²) in [6.07, 6.45) is 2.26. The molecule has 0 N–H and O–H groups in total. The second-order valence-corrected chi connectivity index (χ2v) is 8.03. The Labute approximate surface area is 159 Å². The van der Waals surface area contributed by atoms with Crippen molar-refractivity contribution in [1.82, 2.24) is 10.1 Å². The van der Waals surface area contributed by atoms with E-state index >= 15 is 0 Å². The molecule has 0 aromatic carbocycles. The van der Waals surface area contributed by atoms with Crippen molar-refractivity contribution in [3.05, 3.63) is 17.9 Å². The zero-order valence-electron chi connectivity index (χ0n) is 13.3. The van der Waals surface area contributed by atoms with Gasteiger partial charge in [-0.2, -0.15) is 0 Å². The number of β-lactam (4-membered cyclic amide) rings is 1. The van der Waals surface area contributed by atoms with Crippen molar-refractivity contribution >= 4 is 27.8 Å². The van der Waals surface area contributed by atoms with Crippen LogP contribution < -0.4 is 39.4 Å². The molecule has 1 amide bonds. The van der Waals surface area contributed by atoms with E-state index in [1.165, 1.54) is 32.3 Å². The van der Waals surface area contributed by atoms with Gasteiger partial charge in [-0.3, -0.25) is 4.79 Å². The number of hydrogen-bond donors (Lipinski definition) is 0. The average molecular weight is 364 g/mol. The molecule has 24 heavy (non-hydrogen) atoms. The molecule has 3 heterocycles. The summed E-state index contributed by atoms with van der Waals surface area (Å²) in [4.78, 5) is 23.9. The van der Waals surface area contributed by atoms with Gasteiger partial charge in [-0.25, -0.2) is 8.42 Å². The minimum Gasteiger partial charge on any atom is -0.548 e. The first-order valence-corrected chi connectivity index (χ1v) is 8.22. The number of amides is 1. The molecule has 0 unspecified atom stereocenters. The number of methoxy groups -OCH3 is 1. The van der Waals surface area contributed by atoms with Crippen LogP contribution in [0.4, 0.5) is 0 Å². The topological polar surface area (TPSA) is 130 Å². The van der Waals surface area contributed by atoms with Crippen molar-refractivity contribution in [1.29, 1.82) is 0 Å². The third kappa shape index (κ3) is 2.48. The van der Waals surface area contributed by atoms with E-state index < -0.39 is 37.9 Å². The van der Waals surface area contributed by atoms with Crippen molar-refractivity contribution in [3.63, 3.8) is 0 Å². The molecule has 3 atom stereocenters. The predicted octanol–water partition coefficient (Wildman–Crippen LogP) is -4.44. The Hall–Kier alpha value is -1.36. The largest absolute Gasteiger partial charge is 1.00 e. The fourth-order valence-corrected chi connectivity index (χ4v) is 5.19. The van der Waals surface area contributed by atoms with Crippen LogP contribution in [0.2, 0.25) is 0 Å². The van der Waals surface area contributed by atoms with Gasteiger partial charge in [-0.15, -0.1) is 0 Å². The number of carboxylic acids is 1. The summed E-state index contributed by atoms with van der Waals surface area (Å²) in [6, 6.07) is -0.171. The minimum absolute atomic E-state index is 0. The van der Waals surface area contributed by atoms with Crippen LogP contribution in [0.5, 0.6) is 5.88 Å². The van der Waals surface area contributed by atoms with Gasteiger partial charge in [0.15, 0.2) is 15.6 Å². The van der Waals surface area contributed by atoms with Crippen LogP contribution in [0.15, 0.2) is 16.7 Å². The molecule has 124 valence electrons. The number of aromatic nitrogens is 1. The summed E-state index contributed by atoms with van der Waals surface area (Å²) in [5, 5.41) is 13.9. The third-order valence-electron chi connectivity index (χ3n) is 4.26. The van der Waals surface area contributed by atoms with E-state index in [-0.39, 0.29) is 47.6 Å². The van der Waals surface area contributed by atoms with E-state index in [0.717, 1.165) is 4.90 Å². The maximum atomic E-state index is 12.6. The van der Waals surface area contributed by atoms with E-state index in [4.69, 9.17) is 9.26 Å². The van der Waals surface area contributed by atoms with Crippen molar-refractivity contribution in [3.8, 4) is 5.88 Å². The summed E-state index contributed by atoms with van der Waals surface area (Å²) >= 11 is 0. The number of carbonyl (C=O) groups excluding carboxylic acids is 2. The molecule has 1 aromatic rings. The maximum absolute atomic E-state index is 12.6. The number of rotatable bonds is 4. The normalized spacial score (nSPS) is 30.6. The van der Waals surface area contributed by atoms with Gasteiger partial charge in [0.2, 0.25) is 5.91 Å². The smallest absolute Gasteiger partial charge is 0.548 e. The molecule has 0 radical (unpaired) electrons. The molecule has 3 rings (SSSR count). The number of carboxylic acid groups (broad SMARTS) is 1. The Kier molecular flexibility index (Phi) is 4.88. The monoisotopic (exact) mass is 364 g/mol. The molecule has 9 nitrogen and oxygen atoms in total. The van der Waals surface area contributed by atoms with Crippen LogP contribution in [-0.4, -0.2) is 53.6 Å². The molecule has 0 spiro atoms. The van der Waals surface area contributed by atoms with E-state index in [2.05, 4.69) is 5.16 Å². The number of nitrogens with zero attached hydrogens (tertiary/aromatic N) is 2. The van der Waals surface area contributed by atoms with Crippen molar-refractivity contribution in [2.75, 3.05) is 7.11 Å². The van der Waals surface area contributed by atoms with Gasteiger partial charge in [-0.1, -0.05) is 6.08 Å². The van der Waals surface area contributed by atoms with E-state index in [9.17, 15) is 23.1 Å². The van der Waals surface area contributed by atoms with Gasteiger partial charge in [-0.05, 0) is 18.2 Å². The van der Waals surface area contributed by atoms with Crippen LogP contribution in [0.3, 0.4) is 0 Å². The van der Waals surface area contributed by atoms with E-state index in [1.54, 1.807) is 0 Å². The van der Waals surface area contributed by atoms with Crippen LogP contribution in [0.25, 0.3) is 6.08 Å². The molecular weight excluding hydrogens is 351 g/mol. The van der Waals surface area contributed by atoms with Gasteiger partial charge >= 0.3 is 29.6 Å². The first-order chi connectivity index (χ1) is 10.7. The Morgan fingerprint density at radius 3 is 2.75 bits per heavy atom. The van der Waals surface area contributed by atoms with Crippen molar-refractivity contribution in [2.24, 2.45) is 0 Å². The fourth-order valence-electron chi connectivity index (χ4n) is 2.92. The number of aliphatic carboxylic acids is 1. The number of hydrogen-bond acceptors (Lipinski definition) is 8. The number of carbonyl (C=O) groups is 2. The molecule has 0 bridgehead atoms. The summed E-state index contributed by atoms with van der Waals surface area (Å²) < 4.78 is 33.2. The molecule has 0 saturated carbocycles. The standard InChI is InChI=1S/C13H14N2O7S.Na/c1-13(4-3-7-5-8(21-2)14-22-7)11(12(17)18)15-9(16)6-10(15)23(13,19)20;/h3-5,10-11H,6H2,1-2H3,(H,17,18);/q;+1/p-1/b4-3-;/t10-,11+,13+;/m1./s1. The second-order valence-electron chi connectivity index (χ2n) is 5.52. The van der Waals surface area contributed by atoms with E-state index in [1.807, 2.05) is 0 Å². The predicted molar refractivity (Wildman–Crippen MR) is 73.5 cm³/mol. The Morgan fingerprint density at radius 2 is 2.25 bits per heavy atom. The summed E-state index contributed by atoms with van der Waals surface area (Å²) in [7, 11) is -2.53. The maximum Gasteiger partial charge on any atom is 1.00 e. The third-order valence-corrected chi connectivity index (χ3v) is 6.95. The molecule has 2 aliphatic rings. The Bertz CT molecular complexity index is 818. The van der Waals surface area contributed by atoms with Crippen molar-refractivity contribution in [2.45, 2.75) is 29.5 Å². The Morgan fingerprint density at radius 1 is 1.58 bits per heavy atom. The van der Waals surface area contributed by atoms with Crippen LogP contribution in [0, 0.1) is 0 Å². The number of fused-ring (bicyclic) bond motifs is 1. The number of ether oxygens (including phenoxy) is 1. The average Bonchev–Trinajstić information content (AvgIpc) is 2.99. The molecule has 1 aromatic heterocycles. The fraction of sp³-hybridized carbons (Fsp3) is 0.462. The van der Waals surface area contributed by atoms with Crippen LogP contribution in [0.1, 0.15) is 19.1 Å². The summed E-state index contributed by atoms with van der Waals surface area (Å²) in [6.45, 7) is 1.25. The quantitative estimate of drug-likeness (QED) is 0.386. The summed E-state index contributed by atoms with van der Waals surface area (Å²) in [5.41, 5.74) is 0. The van der Waals surface area contributed by atoms with Gasteiger partial charge in [0.05, 0.1) is 25.5 Å². The summed E-state index contributed by atoms with van der Waals surface area (Å²) in [5.74, 6) is -1.76. The first-order valence-electron chi connectivity index (χ1n) is 6.68. The SMILES string of the molecule is COc1cc(/C=C\[C@@]2(C)[C@H](C(=O)[O-])N3C(=O)C[C@H]3S2(=O)=O)on1.[Na+]. The number of sulfone groups is 1. The zero-order chi connectivity index (χ0) is 17.0. The molecular formula is C13H13N2NaO7S. The first kappa shape index (κ1) is 19.0. The van der Waals surface area contributed by atoms with Crippen molar-refractivity contribution < 1.29 is 61.9 Å². The molecule has 2 aliphatic heterocycles. The minimum atomic E-state index is -3.92. The Balaban J connectivity index is 0.00000208. The van der Waals surface area contributed by atoms with Gasteiger partial charge < -0.3 is 24.1 Å². The molecule has 0 aliphatic carbocycles. The van der Waals surface area contributed by atoms with Crippen LogP contribution >= 0.6 is 0 Å². The zero-order valence-corrected chi connectivity index (χ0v) is 16.1. The van der Waals surface area contributed by atoms with Gasteiger partial charge in [0.25, 0.3) is 5.88 Å².